The van der Waals surface area contributed by atoms with Gasteiger partial charge in [0.05, 0.1) is 5.56 Å². The van der Waals surface area contributed by atoms with Crippen LogP contribution in [0.4, 0.5) is 5.69 Å². The molecule has 154 valence electrons. The first kappa shape index (κ1) is 21.1. The van der Waals surface area contributed by atoms with Crippen molar-refractivity contribution in [3.63, 3.8) is 0 Å². The van der Waals surface area contributed by atoms with Crippen molar-refractivity contribution >= 4 is 17.6 Å². The molecule has 0 heterocycles. The predicted molar refractivity (Wildman–Crippen MR) is 117 cm³/mol. The monoisotopic (exact) mass is 403 g/mol. The number of hydrogen-bond donors (Lipinski definition) is 1. The number of amides is 1. The third kappa shape index (κ3) is 5.70. The van der Waals surface area contributed by atoms with Gasteiger partial charge in [0.15, 0.2) is 6.61 Å². The minimum Gasteiger partial charge on any atom is -0.489 e. The molecule has 0 radical (unpaired) electrons. The number of benzene rings is 3. The van der Waals surface area contributed by atoms with Crippen molar-refractivity contribution in [2.24, 2.45) is 0 Å². The van der Waals surface area contributed by atoms with Crippen molar-refractivity contribution in [3.05, 3.63) is 94.5 Å². The molecule has 0 aliphatic heterocycles. The lowest BCUT2D eigenvalue weighted by atomic mass is 10.1. The van der Waals surface area contributed by atoms with Crippen LogP contribution in [-0.2, 0) is 16.1 Å². The number of aryl methyl sites for hydroxylation is 3. The quantitative estimate of drug-likeness (QED) is 0.565. The molecule has 0 saturated carbocycles. The maximum absolute atomic E-state index is 12.3. The van der Waals surface area contributed by atoms with E-state index in [1.165, 1.54) is 0 Å². The zero-order valence-electron chi connectivity index (χ0n) is 17.4. The maximum atomic E-state index is 12.3. The summed E-state index contributed by atoms with van der Waals surface area (Å²) in [6.45, 7) is 5.91. The molecule has 5 heteroatoms. The third-order valence-electron chi connectivity index (χ3n) is 4.59. The van der Waals surface area contributed by atoms with E-state index in [-0.39, 0.29) is 12.5 Å². The van der Waals surface area contributed by atoms with E-state index in [1.54, 1.807) is 24.3 Å². The van der Waals surface area contributed by atoms with E-state index in [0.717, 1.165) is 27.9 Å². The van der Waals surface area contributed by atoms with Crippen LogP contribution in [0.25, 0.3) is 0 Å². The highest BCUT2D eigenvalue weighted by atomic mass is 16.5. The van der Waals surface area contributed by atoms with E-state index in [2.05, 4.69) is 5.32 Å². The number of ether oxygens (including phenoxy) is 2. The molecular formula is C25H25NO4. The fourth-order valence-corrected chi connectivity index (χ4v) is 3.22. The normalized spacial score (nSPS) is 10.4. The number of carbonyl (C=O) groups excluding carboxylic acids is 2. The lowest BCUT2D eigenvalue weighted by molar-refractivity contribution is -0.119. The number of nitrogens with one attached hydrogen (secondary N) is 1. The molecule has 5 nitrogen and oxygen atoms in total. The van der Waals surface area contributed by atoms with E-state index < -0.39 is 5.97 Å². The molecule has 0 aliphatic rings. The van der Waals surface area contributed by atoms with E-state index in [0.29, 0.717) is 17.9 Å². The average molecular weight is 403 g/mol. The van der Waals surface area contributed by atoms with Gasteiger partial charge in [-0.15, -0.1) is 0 Å². The molecule has 1 amide bonds. The molecule has 1 N–H and O–H groups in total. The molecule has 0 aromatic heterocycles. The average Bonchev–Trinajstić information content (AvgIpc) is 2.74. The largest absolute Gasteiger partial charge is 0.489 e. The van der Waals surface area contributed by atoms with Gasteiger partial charge in [0.25, 0.3) is 5.91 Å². The van der Waals surface area contributed by atoms with Crippen LogP contribution < -0.4 is 10.1 Å². The number of anilines is 1. The van der Waals surface area contributed by atoms with Gasteiger partial charge in [-0.25, -0.2) is 4.79 Å². The van der Waals surface area contributed by atoms with Gasteiger partial charge in [0.1, 0.15) is 12.4 Å². The van der Waals surface area contributed by atoms with Gasteiger partial charge < -0.3 is 14.8 Å². The van der Waals surface area contributed by atoms with Crippen LogP contribution in [-0.4, -0.2) is 18.5 Å². The first-order valence-electron chi connectivity index (χ1n) is 9.74. The van der Waals surface area contributed by atoms with Crippen LogP contribution in [0.5, 0.6) is 5.75 Å². The number of carbonyl (C=O) groups is 2. The lowest BCUT2D eigenvalue weighted by Crippen LogP contribution is -2.22. The molecule has 3 rings (SSSR count). The fourth-order valence-electron chi connectivity index (χ4n) is 3.22. The molecule has 0 unspecified atom stereocenters. The fraction of sp³-hybridized carbons (Fsp3) is 0.200. The Hall–Kier alpha value is -3.60. The zero-order chi connectivity index (χ0) is 21.5. The second-order valence-corrected chi connectivity index (χ2v) is 7.20. The van der Waals surface area contributed by atoms with Crippen molar-refractivity contribution < 1.29 is 19.1 Å². The SMILES string of the molecule is Cc1cc(C)c(NC(=O)COC(=O)c2cccc(OCc3ccccc3)c2)c(C)c1. The van der Waals surface area contributed by atoms with Crippen molar-refractivity contribution in [3.8, 4) is 5.75 Å². The third-order valence-corrected chi connectivity index (χ3v) is 4.59. The Morgan fingerprint density at radius 3 is 2.27 bits per heavy atom. The van der Waals surface area contributed by atoms with Crippen LogP contribution in [0.15, 0.2) is 66.7 Å². The summed E-state index contributed by atoms with van der Waals surface area (Å²) in [5.74, 6) is -0.397. The molecule has 3 aromatic rings. The van der Waals surface area contributed by atoms with Crippen LogP contribution in [0.3, 0.4) is 0 Å². The summed E-state index contributed by atoms with van der Waals surface area (Å²) in [7, 11) is 0. The van der Waals surface area contributed by atoms with Gasteiger partial charge in [0.2, 0.25) is 0 Å². The summed E-state index contributed by atoms with van der Waals surface area (Å²) >= 11 is 0. The molecule has 0 saturated heterocycles. The maximum Gasteiger partial charge on any atom is 0.338 e. The van der Waals surface area contributed by atoms with Crippen molar-refractivity contribution in [1.82, 2.24) is 0 Å². The van der Waals surface area contributed by atoms with Gasteiger partial charge in [-0.2, -0.15) is 0 Å². The topological polar surface area (TPSA) is 64.6 Å². The highest BCUT2D eigenvalue weighted by Gasteiger charge is 2.13. The van der Waals surface area contributed by atoms with Crippen LogP contribution >= 0.6 is 0 Å². The van der Waals surface area contributed by atoms with Gasteiger partial charge in [-0.05, 0) is 55.7 Å². The Bertz CT molecular complexity index is 1020. The minimum atomic E-state index is -0.576. The van der Waals surface area contributed by atoms with Crippen LogP contribution in [0.2, 0.25) is 0 Å². The highest BCUT2D eigenvalue weighted by molar-refractivity contribution is 5.96. The lowest BCUT2D eigenvalue weighted by Gasteiger charge is -2.13. The van der Waals surface area contributed by atoms with Crippen molar-refractivity contribution in [2.75, 3.05) is 11.9 Å². The summed E-state index contributed by atoms with van der Waals surface area (Å²) in [5, 5.41) is 2.82. The summed E-state index contributed by atoms with van der Waals surface area (Å²) in [4.78, 5) is 24.6. The molecule has 0 aliphatic carbocycles. The summed E-state index contributed by atoms with van der Waals surface area (Å²) in [5.41, 5.74) is 5.17. The predicted octanol–water partition coefficient (Wildman–Crippen LogP) is 4.99. The van der Waals surface area contributed by atoms with E-state index >= 15 is 0 Å². The smallest absolute Gasteiger partial charge is 0.338 e. The standard InChI is InChI=1S/C25H25NO4/c1-17-12-18(2)24(19(3)13-17)26-23(27)16-30-25(28)21-10-7-11-22(14-21)29-15-20-8-5-4-6-9-20/h4-14H,15-16H2,1-3H3,(H,26,27). The highest BCUT2D eigenvalue weighted by Crippen LogP contribution is 2.22. The molecule has 30 heavy (non-hydrogen) atoms. The molecular weight excluding hydrogens is 378 g/mol. The summed E-state index contributed by atoms with van der Waals surface area (Å²) < 4.78 is 10.9. The Morgan fingerprint density at radius 1 is 0.867 bits per heavy atom. The van der Waals surface area contributed by atoms with Gasteiger partial charge in [0, 0.05) is 5.69 Å². The first-order valence-corrected chi connectivity index (χ1v) is 9.74. The summed E-state index contributed by atoms with van der Waals surface area (Å²) in [6, 6.07) is 20.5. The van der Waals surface area contributed by atoms with E-state index in [9.17, 15) is 9.59 Å². The second-order valence-electron chi connectivity index (χ2n) is 7.20. The molecule has 0 spiro atoms. The Balaban J connectivity index is 1.55. The van der Waals surface area contributed by atoms with E-state index in [4.69, 9.17) is 9.47 Å². The number of esters is 1. The number of rotatable bonds is 7. The Kier molecular flexibility index (Phi) is 6.86. The van der Waals surface area contributed by atoms with Gasteiger partial charge in [-0.1, -0.05) is 54.1 Å². The second kappa shape index (κ2) is 9.74. The van der Waals surface area contributed by atoms with Crippen LogP contribution in [0, 0.1) is 20.8 Å². The molecule has 3 aromatic carbocycles. The Morgan fingerprint density at radius 2 is 1.57 bits per heavy atom. The number of hydrogen-bond acceptors (Lipinski definition) is 4. The van der Waals surface area contributed by atoms with E-state index in [1.807, 2.05) is 63.2 Å². The molecule has 0 atom stereocenters. The minimum absolute atomic E-state index is 0.330. The molecule has 0 bridgehead atoms. The van der Waals surface area contributed by atoms with Gasteiger partial charge in [-0.3, -0.25) is 4.79 Å². The first-order chi connectivity index (χ1) is 14.4. The zero-order valence-corrected chi connectivity index (χ0v) is 17.4. The molecule has 0 fully saturated rings. The Labute approximate surface area is 176 Å². The van der Waals surface area contributed by atoms with Crippen molar-refractivity contribution in [2.45, 2.75) is 27.4 Å². The summed E-state index contributed by atoms with van der Waals surface area (Å²) in [6.07, 6.45) is 0. The van der Waals surface area contributed by atoms with Gasteiger partial charge >= 0.3 is 5.97 Å². The van der Waals surface area contributed by atoms with Crippen molar-refractivity contribution in [1.29, 1.82) is 0 Å². The van der Waals surface area contributed by atoms with Crippen LogP contribution in [0.1, 0.15) is 32.6 Å².